The number of hydrogen-bond donors (Lipinski definition) is 1. The summed E-state index contributed by atoms with van der Waals surface area (Å²) in [5.41, 5.74) is 2.33. The molecular weight excluding hydrogens is 354 g/mol. The van der Waals surface area contributed by atoms with E-state index in [2.05, 4.69) is 52.4 Å². The lowest BCUT2D eigenvalue weighted by Crippen LogP contribution is -2.19. The smallest absolute Gasteiger partial charge is 0.167 e. The van der Waals surface area contributed by atoms with E-state index in [4.69, 9.17) is 9.47 Å². The van der Waals surface area contributed by atoms with Gasteiger partial charge >= 0.3 is 0 Å². The Morgan fingerprint density at radius 1 is 1.04 bits per heavy atom. The molecule has 2 rings (SSSR count). The van der Waals surface area contributed by atoms with E-state index in [9.17, 15) is 0 Å². The van der Waals surface area contributed by atoms with Crippen LogP contribution in [0.2, 0.25) is 0 Å². The van der Waals surface area contributed by atoms with Gasteiger partial charge < -0.3 is 14.8 Å². The van der Waals surface area contributed by atoms with Crippen molar-refractivity contribution in [2.75, 3.05) is 7.11 Å². The van der Waals surface area contributed by atoms with Crippen LogP contribution in [-0.4, -0.2) is 13.2 Å². The van der Waals surface area contributed by atoms with Crippen LogP contribution in [0.5, 0.6) is 11.5 Å². The summed E-state index contributed by atoms with van der Waals surface area (Å²) in [4.78, 5) is 0. The predicted octanol–water partition coefficient (Wildman–Crippen LogP) is 5.10. The van der Waals surface area contributed by atoms with Crippen molar-refractivity contribution in [3.8, 4) is 11.5 Å². The van der Waals surface area contributed by atoms with Crippen LogP contribution in [0.4, 0.5) is 0 Å². The second-order valence-corrected chi connectivity index (χ2v) is 6.59. The lowest BCUT2D eigenvalue weighted by Gasteiger charge is -2.21. The Kier molecular flexibility index (Phi) is 6.48. The summed E-state index contributed by atoms with van der Waals surface area (Å²) in [6.45, 7) is 6.89. The molecule has 2 aromatic rings. The van der Waals surface area contributed by atoms with Crippen molar-refractivity contribution < 1.29 is 9.47 Å². The number of hydrogen-bond acceptors (Lipinski definition) is 3. The van der Waals surface area contributed by atoms with Crippen molar-refractivity contribution in [1.82, 2.24) is 5.32 Å². The normalized spacial score (nSPS) is 12.3. The van der Waals surface area contributed by atoms with Crippen molar-refractivity contribution >= 4 is 15.9 Å². The van der Waals surface area contributed by atoms with Gasteiger partial charge in [0, 0.05) is 22.6 Å². The number of ether oxygens (including phenoxy) is 2. The van der Waals surface area contributed by atoms with Gasteiger partial charge in [-0.15, -0.1) is 0 Å². The van der Waals surface area contributed by atoms with Gasteiger partial charge in [0.25, 0.3) is 0 Å². The minimum Gasteiger partial charge on any atom is -0.493 e. The summed E-state index contributed by atoms with van der Waals surface area (Å²) >= 11 is 3.63. The summed E-state index contributed by atoms with van der Waals surface area (Å²) in [7, 11) is 1.67. The molecule has 0 aliphatic carbocycles. The average Bonchev–Trinajstić information content (AvgIpc) is 2.54. The van der Waals surface area contributed by atoms with Crippen LogP contribution in [0.15, 0.2) is 46.9 Å². The molecule has 23 heavy (non-hydrogen) atoms. The molecule has 3 nitrogen and oxygen atoms in total. The predicted molar refractivity (Wildman–Crippen MR) is 98.2 cm³/mol. The minimum atomic E-state index is 0.0866. The first-order valence-corrected chi connectivity index (χ1v) is 8.62. The highest BCUT2D eigenvalue weighted by Gasteiger charge is 2.16. The highest BCUT2D eigenvalue weighted by atomic mass is 79.9. The van der Waals surface area contributed by atoms with Gasteiger partial charge in [-0.3, -0.25) is 0 Å². The topological polar surface area (TPSA) is 30.5 Å². The van der Waals surface area contributed by atoms with E-state index in [0.717, 1.165) is 21.5 Å². The zero-order chi connectivity index (χ0) is 16.8. The van der Waals surface area contributed by atoms with E-state index in [0.29, 0.717) is 6.54 Å². The van der Waals surface area contributed by atoms with Crippen LogP contribution in [0.25, 0.3) is 0 Å². The third-order valence-corrected chi connectivity index (χ3v) is 4.37. The fourth-order valence-electron chi connectivity index (χ4n) is 2.39. The highest BCUT2D eigenvalue weighted by Crippen LogP contribution is 2.37. The number of benzene rings is 2. The van der Waals surface area contributed by atoms with E-state index in [-0.39, 0.29) is 12.1 Å². The van der Waals surface area contributed by atoms with Gasteiger partial charge in [0.05, 0.1) is 13.2 Å². The number of methoxy groups -OCH3 is 1. The van der Waals surface area contributed by atoms with Gasteiger partial charge in [0.15, 0.2) is 11.5 Å². The van der Waals surface area contributed by atoms with Crippen LogP contribution in [0.3, 0.4) is 0 Å². The minimum absolute atomic E-state index is 0.0866. The molecule has 4 heteroatoms. The van der Waals surface area contributed by atoms with Crippen molar-refractivity contribution in [2.45, 2.75) is 39.5 Å². The summed E-state index contributed by atoms with van der Waals surface area (Å²) in [5, 5.41) is 3.56. The maximum atomic E-state index is 5.99. The fourth-order valence-corrected chi connectivity index (χ4v) is 2.84. The lowest BCUT2D eigenvalue weighted by molar-refractivity contribution is 0.226. The maximum Gasteiger partial charge on any atom is 0.167 e. The Bertz CT molecular complexity index is 629. The molecule has 1 unspecified atom stereocenters. The van der Waals surface area contributed by atoms with Crippen LogP contribution in [-0.2, 0) is 6.54 Å². The summed E-state index contributed by atoms with van der Waals surface area (Å²) < 4.78 is 12.5. The Hall–Kier alpha value is -1.52. The zero-order valence-electron chi connectivity index (χ0n) is 14.1. The van der Waals surface area contributed by atoms with Crippen LogP contribution in [0, 0.1) is 0 Å². The van der Waals surface area contributed by atoms with E-state index in [1.54, 1.807) is 7.11 Å². The van der Waals surface area contributed by atoms with Crippen LogP contribution < -0.4 is 14.8 Å². The van der Waals surface area contributed by atoms with Crippen molar-refractivity contribution in [3.63, 3.8) is 0 Å². The van der Waals surface area contributed by atoms with Gasteiger partial charge in [-0.2, -0.15) is 0 Å². The molecule has 0 fully saturated rings. The number of nitrogens with one attached hydrogen (secondary N) is 1. The van der Waals surface area contributed by atoms with Gasteiger partial charge in [-0.25, -0.2) is 0 Å². The summed E-state index contributed by atoms with van der Waals surface area (Å²) in [6, 6.07) is 14.6. The van der Waals surface area contributed by atoms with Crippen molar-refractivity contribution in [2.24, 2.45) is 0 Å². The van der Waals surface area contributed by atoms with Crippen molar-refractivity contribution in [3.05, 3.63) is 58.1 Å². The maximum absolute atomic E-state index is 5.99. The lowest BCUT2D eigenvalue weighted by atomic mass is 10.1. The molecule has 0 aromatic heterocycles. The Labute approximate surface area is 147 Å². The van der Waals surface area contributed by atoms with Gasteiger partial charge in [0.2, 0.25) is 0 Å². The number of halogens is 1. The Balaban J connectivity index is 2.21. The van der Waals surface area contributed by atoms with E-state index in [1.807, 2.05) is 32.0 Å². The molecule has 0 bridgehead atoms. The monoisotopic (exact) mass is 377 g/mol. The molecule has 0 heterocycles. The molecule has 0 radical (unpaired) electrons. The van der Waals surface area contributed by atoms with Crippen molar-refractivity contribution in [1.29, 1.82) is 0 Å². The molecule has 124 valence electrons. The highest BCUT2D eigenvalue weighted by molar-refractivity contribution is 9.10. The summed E-state index contributed by atoms with van der Waals surface area (Å²) in [5.74, 6) is 1.55. The number of rotatable bonds is 7. The first-order valence-electron chi connectivity index (χ1n) is 7.83. The van der Waals surface area contributed by atoms with E-state index >= 15 is 0 Å². The van der Waals surface area contributed by atoms with Gasteiger partial charge in [-0.1, -0.05) is 46.3 Å². The molecule has 2 aromatic carbocycles. The second kappa shape index (κ2) is 8.37. The third kappa shape index (κ3) is 4.72. The summed E-state index contributed by atoms with van der Waals surface area (Å²) in [6.07, 6.45) is 0.0866. The van der Waals surface area contributed by atoms with Gasteiger partial charge in [0.1, 0.15) is 0 Å². The molecule has 0 aliphatic heterocycles. The first kappa shape index (κ1) is 17.8. The standard InChI is InChI=1S/C19H24BrNO2/c1-13(2)23-19-16(17(20)10-11-18(19)22-4)12-21-14(3)15-8-6-5-7-9-15/h5-11,13-14,21H,12H2,1-4H3. The fraction of sp³-hybridized carbons (Fsp3) is 0.368. The largest absolute Gasteiger partial charge is 0.493 e. The van der Waals surface area contributed by atoms with E-state index < -0.39 is 0 Å². The quantitative estimate of drug-likeness (QED) is 0.728. The molecular formula is C19H24BrNO2. The average molecular weight is 378 g/mol. The Morgan fingerprint density at radius 3 is 2.35 bits per heavy atom. The third-order valence-electron chi connectivity index (χ3n) is 3.63. The Morgan fingerprint density at radius 2 is 1.74 bits per heavy atom. The SMILES string of the molecule is COc1ccc(Br)c(CNC(C)c2ccccc2)c1OC(C)C. The molecule has 0 saturated carbocycles. The molecule has 0 saturated heterocycles. The van der Waals surface area contributed by atoms with Gasteiger partial charge in [-0.05, 0) is 38.5 Å². The second-order valence-electron chi connectivity index (χ2n) is 5.74. The first-order chi connectivity index (χ1) is 11.0. The molecule has 1 atom stereocenters. The molecule has 0 spiro atoms. The molecule has 1 N–H and O–H groups in total. The molecule has 0 amide bonds. The molecule has 0 aliphatic rings. The van der Waals surface area contributed by atoms with Crippen LogP contribution in [0.1, 0.15) is 37.9 Å². The zero-order valence-corrected chi connectivity index (χ0v) is 15.7. The van der Waals surface area contributed by atoms with Crippen LogP contribution >= 0.6 is 15.9 Å². The van der Waals surface area contributed by atoms with E-state index in [1.165, 1.54) is 5.56 Å².